The quantitative estimate of drug-likeness (QED) is 0.857. The Morgan fingerprint density at radius 3 is 2.89 bits per heavy atom. The number of aryl methyl sites for hydroxylation is 2. The summed E-state index contributed by atoms with van der Waals surface area (Å²) in [7, 11) is 2.09. The van der Waals surface area contributed by atoms with Crippen LogP contribution >= 0.6 is 11.6 Å². The summed E-state index contributed by atoms with van der Waals surface area (Å²) >= 11 is 6.18. The van der Waals surface area contributed by atoms with Crippen LogP contribution in [0.3, 0.4) is 0 Å². The van der Waals surface area contributed by atoms with E-state index in [0.717, 1.165) is 40.4 Å². The lowest BCUT2D eigenvalue weighted by Crippen LogP contribution is -2.35. The normalized spacial score (nSPS) is 24.0. The van der Waals surface area contributed by atoms with Crippen LogP contribution in [0.2, 0.25) is 5.02 Å². The molecule has 0 bridgehead atoms. The fourth-order valence-electron chi connectivity index (χ4n) is 2.95. The van der Waals surface area contributed by atoms with Gasteiger partial charge in [0, 0.05) is 12.1 Å². The van der Waals surface area contributed by atoms with Crippen LogP contribution in [0.25, 0.3) is 11.0 Å². The van der Waals surface area contributed by atoms with Crippen LogP contribution in [0.1, 0.15) is 31.2 Å². The number of benzene rings is 1. The van der Waals surface area contributed by atoms with Gasteiger partial charge in [0.25, 0.3) is 0 Å². The average Bonchev–Trinajstić information content (AvgIpc) is 2.90. The molecule has 18 heavy (non-hydrogen) atoms. The van der Waals surface area contributed by atoms with Crippen LogP contribution in [-0.2, 0) is 12.6 Å². The van der Waals surface area contributed by atoms with Crippen molar-refractivity contribution in [2.45, 2.75) is 32.2 Å². The standard InChI is InChI=1S/C14H18ClN3/c1-9-10(15)5-6-11-12(9)17-13(18(11)3)14(2)7-4-8-16-14/h5-6,16H,4,7-8H2,1-3H3/t14-/m0/s1. The van der Waals surface area contributed by atoms with Crippen LogP contribution in [0.4, 0.5) is 0 Å². The van der Waals surface area contributed by atoms with Crippen molar-refractivity contribution in [3.8, 4) is 0 Å². The van der Waals surface area contributed by atoms with Gasteiger partial charge in [0.05, 0.1) is 16.6 Å². The summed E-state index contributed by atoms with van der Waals surface area (Å²) in [5, 5.41) is 4.36. The van der Waals surface area contributed by atoms with Gasteiger partial charge in [-0.3, -0.25) is 0 Å². The predicted molar refractivity (Wildman–Crippen MR) is 75.0 cm³/mol. The first-order valence-electron chi connectivity index (χ1n) is 6.40. The van der Waals surface area contributed by atoms with Crippen molar-refractivity contribution in [1.29, 1.82) is 0 Å². The topological polar surface area (TPSA) is 29.9 Å². The van der Waals surface area contributed by atoms with Crippen molar-refractivity contribution in [2.24, 2.45) is 7.05 Å². The molecule has 0 aliphatic carbocycles. The maximum Gasteiger partial charge on any atom is 0.129 e. The number of rotatable bonds is 1. The van der Waals surface area contributed by atoms with E-state index < -0.39 is 0 Å². The highest BCUT2D eigenvalue weighted by Crippen LogP contribution is 2.33. The second-order valence-corrected chi connectivity index (χ2v) is 5.80. The molecule has 1 atom stereocenters. The van der Waals surface area contributed by atoms with Gasteiger partial charge in [0.2, 0.25) is 0 Å². The molecule has 1 N–H and O–H groups in total. The summed E-state index contributed by atoms with van der Waals surface area (Å²) in [6.45, 7) is 5.34. The molecule has 0 amide bonds. The number of hydrogen-bond donors (Lipinski definition) is 1. The van der Waals surface area contributed by atoms with Gasteiger partial charge in [-0.15, -0.1) is 0 Å². The first kappa shape index (κ1) is 12.0. The summed E-state index contributed by atoms with van der Waals surface area (Å²) in [5.41, 5.74) is 3.24. The Balaban J connectivity index is 2.26. The first-order chi connectivity index (χ1) is 8.53. The number of nitrogens with zero attached hydrogens (tertiary/aromatic N) is 2. The molecule has 1 aliphatic rings. The number of imidazole rings is 1. The van der Waals surface area contributed by atoms with Crippen molar-refractivity contribution in [2.75, 3.05) is 6.54 Å². The SMILES string of the molecule is Cc1c(Cl)ccc2c1nc([C@]1(C)CCCN1)n2C. The molecule has 1 aliphatic heterocycles. The predicted octanol–water partition coefficient (Wildman–Crippen LogP) is 3.13. The molecule has 0 saturated carbocycles. The fraction of sp³-hybridized carbons (Fsp3) is 0.500. The van der Waals surface area contributed by atoms with Gasteiger partial charge in [0.1, 0.15) is 5.82 Å². The maximum absolute atomic E-state index is 6.18. The Kier molecular flexibility index (Phi) is 2.65. The molecule has 96 valence electrons. The van der Waals surface area contributed by atoms with E-state index in [9.17, 15) is 0 Å². The number of halogens is 1. The zero-order valence-electron chi connectivity index (χ0n) is 11.0. The third kappa shape index (κ3) is 1.57. The Bertz CT molecular complexity index is 609. The van der Waals surface area contributed by atoms with Gasteiger partial charge in [0.15, 0.2) is 0 Å². The minimum Gasteiger partial charge on any atom is -0.330 e. The Labute approximate surface area is 112 Å². The van der Waals surface area contributed by atoms with Crippen LogP contribution < -0.4 is 5.32 Å². The van der Waals surface area contributed by atoms with Crippen molar-refractivity contribution in [1.82, 2.24) is 14.9 Å². The van der Waals surface area contributed by atoms with Gasteiger partial charge in [-0.25, -0.2) is 4.98 Å². The summed E-state index contributed by atoms with van der Waals surface area (Å²) < 4.78 is 2.19. The molecule has 3 rings (SSSR count). The second kappa shape index (κ2) is 3.97. The van der Waals surface area contributed by atoms with Gasteiger partial charge in [-0.2, -0.15) is 0 Å². The third-order valence-corrected chi connectivity index (χ3v) is 4.51. The van der Waals surface area contributed by atoms with E-state index in [2.05, 4.69) is 29.9 Å². The molecule has 2 aromatic rings. The lowest BCUT2D eigenvalue weighted by atomic mass is 9.99. The third-order valence-electron chi connectivity index (χ3n) is 4.10. The highest BCUT2D eigenvalue weighted by Gasteiger charge is 2.34. The molecule has 1 aromatic heterocycles. The fourth-order valence-corrected chi connectivity index (χ4v) is 3.10. The summed E-state index contributed by atoms with van der Waals surface area (Å²) in [4.78, 5) is 4.84. The zero-order valence-corrected chi connectivity index (χ0v) is 11.8. The average molecular weight is 264 g/mol. The van der Waals surface area contributed by atoms with E-state index in [1.807, 2.05) is 13.0 Å². The zero-order chi connectivity index (χ0) is 12.9. The first-order valence-corrected chi connectivity index (χ1v) is 6.78. The summed E-state index contributed by atoms with van der Waals surface area (Å²) in [6, 6.07) is 4.01. The molecule has 1 saturated heterocycles. The Morgan fingerprint density at radius 1 is 1.44 bits per heavy atom. The molecule has 0 unspecified atom stereocenters. The number of fused-ring (bicyclic) bond motifs is 1. The minimum atomic E-state index is -0.00726. The van der Waals surface area contributed by atoms with Gasteiger partial charge >= 0.3 is 0 Å². The summed E-state index contributed by atoms with van der Waals surface area (Å²) in [5.74, 6) is 1.11. The summed E-state index contributed by atoms with van der Waals surface area (Å²) in [6.07, 6.45) is 2.34. The van der Waals surface area contributed by atoms with Crippen molar-refractivity contribution in [3.63, 3.8) is 0 Å². The second-order valence-electron chi connectivity index (χ2n) is 5.40. The molecule has 0 radical (unpaired) electrons. The van der Waals surface area contributed by atoms with E-state index in [-0.39, 0.29) is 5.54 Å². The van der Waals surface area contributed by atoms with E-state index in [1.54, 1.807) is 0 Å². The van der Waals surface area contributed by atoms with Gasteiger partial charge in [-0.05, 0) is 50.9 Å². The molecule has 4 heteroatoms. The van der Waals surface area contributed by atoms with Crippen LogP contribution in [0.5, 0.6) is 0 Å². The molecule has 2 heterocycles. The number of hydrogen-bond acceptors (Lipinski definition) is 2. The van der Waals surface area contributed by atoms with Crippen molar-refractivity contribution in [3.05, 3.63) is 28.5 Å². The molecular weight excluding hydrogens is 246 g/mol. The molecule has 1 aromatic carbocycles. The highest BCUT2D eigenvalue weighted by atomic mass is 35.5. The maximum atomic E-state index is 6.18. The lowest BCUT2D eigenvalue weighted by molar-refractivity contribution is 0.397. The van der Waals surface area contributed by atoms with E-state index in [1.165, 1.54) is 6.42 Å². The monoisotopic (exact) mass is 263 g/mol. The number of nitrogens with one attached hydrogen (secondary N) is 1. The molecule has 3 nitrogen and oxygen atoms in total. The minimum absolute atomic E-state index is 0.00726. The van der Waals surface area contributed by atoms with Crippen molar-refractivity contribution >= 4 is 22.6 Å². The number of aromatic nitrogens is 2. The highest BCUT2D eigenvalue weighted by molar-refractivity contribution is 6.32. The lowest BCUT2D eigenvalue weighted by Gasteiger charge is -2.23. The van der Waals surface area contributed by atoms with Crippen LogP contribution in [0.15, 0.2) is 12.1 Å². The smallest absolute Gasteiger partial charge is 0.129 e. The Morgan fingerprint density at radius 2 is 2.22 bits per heavy atom. The largest absolute Gasteiger partial charge is 0.330 e. The van der Waals surface area contributed by atoms with E-state index in [4.69, 9.17) is 16.6 Å². The van der Waals surface area contributed by atoms with Gasteiger partial charge in [-0.1, -0.05) is 11.6 Å². The molecule has 1 fully saturated rings. The van der Waals surface area contributed by atoms with Crippen LogP contribution in [-0.4, -0.2) is 16.1 Å². The van der Waals surface area contributed by atoms with E-state index in [0.29, 0.717) is 0 Å². The van der Waals surface area contributed by atoms with Gasteiger partial charge < -0.3 is 9.88 Å². The Hall–Kier alpha value is -1.06. The molecule has 0 spiro atoms. The van der Waals surface area contributed by atoms with Crippen LogP contribution in [0, 0.1) is 6.92 Å². The van der Waals surface area contributed by atoms with E-state index >= 15 is 0 Å². The molecular formula is C14H18ClN3. The van der Waals surface area contributed by atoms with Crippen molar-refractivity contribution < 1.29 is 0 Å².